The number of rotatable bonds is 1. The van der Waals surface area contributed by atoms with E-state index in [0.717, 1.165) is 17.2 Å². The first kappa shape index (κ1) is 13.3. The van der Waals surface area contributed by atoms with Crippen LogP contribution in [0.5, 0.6) is 0 Å². The van der Waals surface area contributed by atoms with Crippen molar-refractivity contribution in [2.75, 3.05) is 5.32 Å². The predicted octanol–water partition coefficient (Wildman–Crippen LogP) is 5.07. The summed E-state index contributed by atoms with van der Waals surface area (Å²) in [5, 5.41) is 3.78. The Morgan fingerprint density at radius 2 is 1.75 bits per heavy atom. The van der Waals surface area contributed by atoms with Crippen LogP contribution in [0.15, 0.2) is 42.5 Å². The van der Waals surface area contributed by atoms with Crippen molar-refractivity contribution >= 4 is 17.3 Å². The molecule has 0 aromatic heterocycles. The van der Waals surface area contributed by atoms with Gasteiger partial charge >= 0.3 is 6.18 Å². The molecule has 1 aliphatic heterocycles. The van der Waals surface area contributed by atoms with E-state index in [4.69, 9.17) is 11.6 Å². The molecule has 3 rings (SSSR count). The number of nitrogens with one attached hydrogen (secondary N) is 1. The van der Waals surface area contributed by atoms with Crippen molar-refractivity contribution in [3.05, 3.63) is 64.2 Å². The second-order valence-corrected chi connectivity index (χ2v) is 5.26. The van der Waals surface area contributed by atoms with E-state index in [2.05, 4.69) is 5.32 Å². The number of hydrogen-bond donors (Lipinski definition) is 1. The first-order valence-corrected chi connectivity index (χ1v) is 6.53. The van der Waals surface area contributed by atoms with Crippen molar-refractivity contribution in [2.24, 2.45) is 0 Å². The van der Waals surface area contributed by atoms with Crippen LogP contribution >= 0.6 is 11.6 Å². The molecule has 0 aliphatic carbocycles. The van der Waals surface area contributed by atoms with Gasteiger partial charge in [-0.25, -0.2) is 0 Å². The van der Waals surface area contributed by atoms with E-state index in [1.54, 1.807) is 18.2 Å². The van der Waals surface area contributed by atoms with Gasteiger partial charge in [-0.05, 0) is 41.8 Å². The number of alkyl halides is 3. The highest BCUT2D eigenvalue weighted by molar-refractivity contribution is 6.30. The van der Waals surface area contributed by atoms with Gasteiger partial charge in [-0.15, -0.1) is 0 Å². The molecule has 1 unspecified atom stereocenters. The summed E-state index contributed by atoms with van der Waals surface area (Å²) >= 11 is 5.83. The van der Waals surface area contributed by atoms with Crippen molar-refractivity contribution < 1.29 is 13.2 Å². The zero-order valence-electron chi connectivity index (χ0n) is 10.3. The summed E-state index contributed by atoms with van der Waals surface area (Å²) in [6, 6.07) is 11.2. The summed E-state index contributed by atoms with van der Waals surface area (Å²) in [5.41, 5.74) is 1.84. The van der Waals surface area contributed by atoms with Gasteiger partial charge in [-0.1, -0.05) is 29.8 Å². The van der Waals surface area contributed by atoms with Crippen LogP contribution in [0, 0.1) is 0 Å². The maximum atomic E-state index is 12.7. The quantitative estimate of drug-likeness (QED) is 0.775. The van der Waals surface area contributed by atoms with Crippen molar-refractivity contribution in [3.63, 3.8) is 0 Å². The number of anilines is 1. The van der Waals surface area contributed by atoms with Crippen LogP contribution in [-0.4, -0.2) is 0 Å². The molecule has 0 spiro atoms. The Bertz CT molecular complexity index is 635. The Morgan fingerprint density at radius 3 is 2.40 bits per heavy atom. The molecule has 0 amide bonds. The molecule has 20 heavy (non-hydrogen) atoms. The molecule has 1 aliphatic rings. The molecule has 1 N–H and O–H groups in total. The first-order valence-electron chi connectivity index (χ1n) is 6.15. The lowest BCUT2D eigenvalue weighted by Crippen LogP contribution is -2.06. The summed E-state index contributed by atoms with van der Waals surface area (Å²) in [6.45, 7) is 0. The molecule has 1 heterocycles. The van der Waals surface area contributed by atoms with Gasteiger partial charge in [0, 0.05) is 10.7 Å². The SMILES string of the molecule is FC(F)(F)c1ccc2c(c1)NC(c1ccc(Cl)cc1)C2. The topological polar surface area (TPSA) is 12.0 Å². The van der Waals surface area contributed by atoms with Crippen LogP contribution < -0.4 is 5.32 Å². The summed E-state index contributed by atoms with van der Waals surface area (Å²) < 4.78 is 38.0. The van der Waals surface area contributed by atoms with Crippen molar-refractivity contribution in [1.29, 1.82) is 0 Å². The molecule has 5 heteroatoms. The van der Waals surface area contributed by atoms with E-state index >= 15 is 0 Å². The van der Waals surface area contributed by atoms with Gasteiger partial charge < -0.3 is 5.32 Å². The minimum atomic E-state index is -4.31. The van der Waals surface area contributed by atoms with Crippen LogP contribution in [0.4, 0.5) is 18.9 Å². The lowest BCUT2D eigenvalue weighted by atomic mass is 10.0. The largest absolute Gasteiger partial charge is 0.416 e. The Balaban J connectivity index is 1.87. The molecule has 1 atom stereocenters. The smallest absolute Gasteiger partial charge is 0.378 e. The molecular weight excluding hydrogens is 287 g/mol. The number of fused-ring (bicyclic) bond motifs is 1. The number of benzene rings is 2. The van der Waals surface area contributed by atoms with Crippen molar-refractivity contribution in [2.45, 2.75) is 18.6 Å². The Kier molecular flexibility index (Phi) is 3.13. The van der Waals surface area contributed by atoms with Crippen LogP contribution in [0.1, 0.15) is 22.7 Å². The van der Waals surface area contributed by atoms with Crippen molar-refractivity contribution in [1.82, 2.24) is 0 Å². The summed E-state index contributed by atoms with van der Waals surface area (Å²) in [7, 11) is 0. The molecule has 0 saturated heterocycles. The van der Waals surface area contributed by atoms with E-state index < -0.39 is 11.7 Å². The highest BCUT2D eigenvalue weighted by atomic mass is 35.5. The fourth-order valence-electron chi connectivity index (χ4n) is 2.42. The van der Waals surface area contributed by atoms with Crippen LogP contribution in [0.3, 0.4) is 0 Å². The third-order valence-electron chi connectivity index (χ3n) is 3.46. The lowest BCUT2D eigenvalue weighted by molar-refractivity contribution is -0.137. The average Bonchev–Trinajstić information content (AvgIpc) is 2.81. The van der Waals surface area contributed by atoms with Gasteiger partial charge in [0.15, 0.2) is 0 Å². The van der Waals surface area contributed by atoms with Gasteiger partial charge in [-0.2, -0.15) is 13.2 Å². The first-order chi connectivity index (χ1) is 9.43. The monoisotopic (exact) mass is 297 g/mol. The van der Waals surface area contributed by atoms with Gasteiger partial charge in [0.1, 0.15) is 0 Å². The van der Waals surface area contributed by atoms with Gasteiger partial charge in [0.05, 0.1) is 11.6 Å². The molecule has 0 bridgehead atoms. The average molecular weight is 298 g/mol. The normalized spacial score (nSPS) is 17.7. The highest BCUT2D eigenvalue weighted by Crippen LogP contribution is 2.38. The second kappa shape index (κ2) is 4.70. The number of hydrogen-bond acceptors (Lipinski definition) is 1. The summed E-state index contributed by atoms with van der Waals surface area (Å²) in [4.78, 5) is 0. The molecule has 2 aromatic carbocycles. The third kappa shape index (κ3) is 2.48. The van der Waals surface area contributed by atoms with Gasteiger partial charge in [0.2, 0.25) is 0 Å². The van der Waals surface area contributed by atoms with Crippen LogP contribution in [0.25, 0.3) is 0 Å². The van der Waals surface area contributed by atoms with Gasteiger partial charge in [-0.3, -0.25) is 0 Å². The van der Waals surface area contributed by atoms with Gasteiger partial charge in [0.25, 0.3) is 0 Å². The highest BCUT2D eigenvalue weighted by Gasteiger charge is 2.32. The summed E-state index contributed by atoms with van der Waals surface area (Å²) in [6.07, 6.45) is -3.63. The molecule has 2 aromatic rings. The molecule has 0 fully saturated rings. The maximum absolute atomic E-state index is 12.7. The van der Waals surface area contributed by atoms with Crippen LogP contribution in [0.2, 0.25) is 5.02 Å². The zero-order valence-corrected chi connectivity index (χ0v) is 11.1. The Morgan fingerprint density at radius 1 is 1.05 bits per heavy atom. The third-order valence-corrected chi connectivity index (χ3v) is 3.72. The second-order valence-electron chi connectivity index (χ2n) is 4.82. The minimum absolute atomic E-state index is 0.00856. The van der Waals surface area contributed by atoms with E-state index in [1.807, 2.05) is 12.1 Å². The Hall–Kier alpha value is -1.68. The predicted molar refractivity (Wildman–Crippen MR) is 73.0 cm³/mol. The summed E-state index contributed by atoms with van der Waals surface area (Å²) in [5.74, 6) is 0. The molecule has 104 valence electrons. The van der Waals surface area contributed by atoms with Crippen LogP contribution in [-0.2, 0) is 12.6 Å². The fourth-order valence-corrected chi connectivity index (χ4v) is 2.55. The fraction of sp³-hybridized carbons (Fsp3) is 0.200. The number of halogens is 4. The van der Waals surface area contributed by atoms with E-state index in [9.17, 15) is 13.2 Å². The van der Waals surface area contributed by atoms with E-state index in [1.165, 1.54) is 6.07 Å². The zero-order chi connectivity index (χ0) is 14.3. The Labute approximate surface area is 119 Å². The van der Waals surface area contributed by atoms with Crippen molar-refractivity contribution in [3.8, 4) is 0 Å². The van der Waals surface area contributed by atoms with E-state index in [-0.39, 0.29) is 6.04 Å². The molecule has 1 nitrogen and oxygen atoms in total. The molecule has 0 radical (unpaired) electrons. The van der Waals surface area contributed by atoms with E-state index in [0.29, 0.717) is 17.1 Å². The molecular formula is C15H11ClF3N. The lowest BCUT2D eigenvalue weighted by Gasteiger charge is -2.12. The minimum Gasteiger partial charge on any atom is -0.378 e. The maximum Gasteiger partial charge on any atom is 0.416 e. The standard InChI is InChI=1S/C15H11ClF3N/c16-12-5-2-9(3-6-12)13-7-10-1-4-11(15(17,18)19)8-14(10)20-13/h1-6,8,13,20H,7H2. The molecule has 0 saturated carbocycles.